The number of carbonyl (C=O) groups excluding carboxylic acids is 2. The average molecular weight is 470 g/mol. The Morgan fingerprint density at radius 1 is 1.00 bits per heavy atom. The Morgan fingerprint density at radius 3 is 2.47 bits per heavy atom. The number of hydrogen-bond donors (Lipinski definition) is 0. The van der Waals surface area contributed by atoms with E-state index in [9.17, 15) is 9.59 Å². The van der Waals surface area contributed by atoms with Crippen molar-refractivity contribution >= 4 is 17.5 Å². The highest BCUT2D eigenvalue weighted by Gasteiger charge is 2.59. The summed E-state index contributed by atoms with van der Waals surface area (Å²) in [4.78, 5) is 30.3. The third-order valence-corrected chi connectivity index (χ3v) is 11.2. The molecule has 34 heavy (non-hydrogen) atoms. The molecular formula is C29H45N2O3+. The molecule has 0 spiro atoms. The highest BCUT2D eigenvalue weighted by atomic mass is 16.7. The molecule has 0 aromatic rings. The highest BCUT2D eigenvalue weighted by molar-refractivity contribution is 5.91. The first-order chi connectivity index (χ1) is 16.0. The first kappa shape index (κ1) is 24.2. The molecule has 5 nitrogen and oxygen atoms in total. The molecule has 1 saturated heterocycles. The number of rotatable bonds is 3. The van der Waals surface area contributed by atoms with Gasteiger partial charge in [0.15, 0.2) is 5.78 Å². The summed E-state index contributed by atoms with van der Waals surface area (Å²) in [6.07, 6.45) is 12.8. The summed E-state index contributed by atoms with van der Waals surface area (Å²) in [7, 11) is 4.46. The van der Waals surface area contributed by atoms with E-state index in [1.54, 1.807) is 0 Å². The Balaban J connectivity index is 1.27. The van der Waals surface area contributed by atoms with Crippen molar-refractivity contribution in [3.05, 3.63) is 11.6 Å². The molecule has 5 rings (SSSR count). The van der Waals surface area contributed by atoms with Gasteiger partial charge in [0.05, 0.1) is 38.8 Å². The number of nitrogens with zero attached hydrogens (tertiary/aromatic N) is 2. The lowest BCUT2D eigenvalue weighted by molar-refractivity contribution is -0.895. The van der Waals surface area contributed by atoms with Crippen LogP contribution in [0.1, 0.15) is 85.0 Å². The van der Waals surface area contributed by atoms with E-state index in [0.29, 0.717) is 23.5 Å². The number of quaternary nitrogens is 1. The number of likely N-dealkylation sites (tertiary alicyclic amines) is 1. The normalized spacial score (nSPS) is 42.3. The minimum Gasteiger partial charge on any atom is -0.328 e. The zero-order chi connectivity index (χ0) is 24.3. The lowest BCUT2D eigenvalue weighted by atomic mass is 9.46. The van der Waals surface area contributed by atoms with Crippen molar-refractivity contribution < 1.29 is 18.9 Å². The smallest absolute Gasteiger partial charge is 0.328 e. The molecule has 0 amide bonds. The van der Waals surface area contributed by atoms with Crippen LogP contribution in [0.5, 0.6) is 0 Å². The zero-order valence-electron chi connectivity index (χ0n) is 22.1. The highest BCUT2D eigenvalue weighted by Crippen LogP contribution is 2.66. The first-order valence-corrected chi connectivity index (χ1v) is 13.8. The van der Waals surface area contributed by atoms with Crippen LogP contribution in [0.3, 0.4) is 0 Å². The van der Waals surface area contributed by atoms with Crippen LogP contribution in [-0.4, -0.2) is 49.1 Å². The largest absolute Gasteiger partial charge is 0.338 e. The standard InChI is InChI=1S/C29H45N2O3/c1-19(30-34-27(33)20-12-16-31(4,5)17-13-20)24-8-9-25-23-7-6-21-18-22(32)10-14-28(21,2)26(23)11-15-29(24,25)3/h18,20,23-26H,6-17H2,1-5H3/q+1/b30-19+/t23-,24+,25-,26-,28-,29+/m0/s1. The fraction of sp³-hybridized carbons (Fsp3) is 0.828. The van der Waals surface area contributed by atoms with Crippen molar-refractivity contribution in [1.82, 2.24) is 0 Å². The topological polar surface area (TPSA) is 55.7 Å². The summed E-state index contributed by atoms with van der Waals surface area (Å²) in [6, 6.07) is 0. The summed E-state index contributed by atoms with van der Waals surface area (Å²) in [5.74, 6) is 2.79. The maximum Gasteiger partial charge on any atom is 0.338 e. The van der Waals surface area contributed by atoms with Gasteiger partial charge in [-0.1, -0.05) is 24.6 Å². The van der Waals surface area contributed by atoms with Crippen LogP contribution in [0.4, 0.5) is 0 Å². The summed E-state index contributed by atoms with van der Waals surface area (Å²) in [5, 5.41) is 4.46. The molecule has 3 saturated carbocycles. The van der Waals surface area contributed by atoms with Gasteiger partial charge in [-0.3, -0.25) is 4.79 Å². The van der Waals surface area contributed by atoms with E-state index in [-0.39, 0.29) is 22.7 Å². The van der Waals surface area contributed by atoms with Crippen LogP contribution in [0.2, 0.25) is 0 Å². The number of hydrogen-bond acceptors (Lipinski definition) is 4. The van der Waals surface area contributed by atoms with Gasteiger partial charge < -0.3 is 9.32 Å². The van der Waals surface area contributed by atoms with E-state index in [2.05, 4.69) is 40.0 Å². The van der Waals surface area contributed by atoms with Crippen molar-refractivity contribution in [3.8, 4) is 0 Å². The number of allylic oxidation sites excluding steroid dienone is 1. The van der Waals surface area contributed by atoms with E-state index in [0.717, 1.165) is 67.7 Å². The van der Waals surface area contributed by atoms with E-state index >= 15 is 0 Å². The number of ketones is 1. The van der Waals surface area contributed by atoms with Crippen molar-refractivity contribution in [1.29, 1.82) is 0 Å². The number of piperidine rings is 1. The van der Waals surface area contributed by atoms with Gasteiger partial charge in [-0.05, 0) is 86.5 Å². The van der Waals surface area contributed by atoms with Gasteiger partial charge in [-0.25, -0.2) is 4.79 Å². The van der Waals surface area contributed by atoms with Crippen molar-refractivity contribution in [2.75, 3.05) is 27.2 Å². The van der Waals surface area contributed by atoms with Gasteiger partial charge in [0.2, 0.25) is 0 Å². The maximum absolute atomic E-state index is 12.7. The molecule has 0 unspecified atom stereocenters. The van der Waals surface area contributed by atoms with E-state index in [1.165, 1.54) is 31.3 Å². The Labute approximate surface area is 205 Å². The Bertz CT molecular complexity index is 910. The molecule has 1 aliphatic heterocycles. The fourth-order valence-corrected chi connectivity index (χ4v) is 9.00. The van der Waals surface area contributed by atoms with Gasteiger partial charge in [-0.15, -0.1) is 0 Å². The Morgan fingerprint density at radius 2 is 1.74 bits per heavy atom. The van der Waals surface area contributed by atoms with Crippen LogP contribution in [0.15, 0.2) is 16.8 Å². The summed E-state index contributed by atoms with van der Waals surface area (Å²) < 4.78 is 0.989. The number of oxime groups is 1. The molecule has 0 aromatic carbocycles. The van der Waals surface area contributed by atoms with Crippen LogP contribution in [0, 0.1) is 40.4 Å². The van der Waals surface area contributed by atoms with Crippen molar-refractivity contribution in [2.45, 2.75) is 85.0 Å². The molecule has 0 aromatic heterocycles. The SMILES string of the molecule is C/C(=N\OC(=O)C1CC[N+](C)(C)CC1)[C@H]1CC[C@H]2[C@@H]3CCC4=CC(=O)CC[C@]4(C)[C@H]3CC[C@]12C. The molecule has 188 valence electrons. The number of fused-ring (bicyclic) bond motifs is 5. The van der Waals surface area contributed by atoms with Gasteiger partial charge in [-0.2, -0.15) is 0 Å². The van der Waals surface area contributed by atoms with Crippen molar-refractivity contribution in [3.63, 3.8) is 0 Å². The van der Waals surface area contributed by atoms with Crippen LogP contribution in [0.25, 0.3) is 0 Å². The molecule has 0 bridgehead atoms. The second-order valence-corrected chi connectivity index (χ2v) is 13.4. The minimum absolute atomic E-state index is 0.00217. The van der Waals surface area contributed by atoms with Crippen LogP contribution < -0.4 is 0 Å². The third-order valence-electron chi connectivity index (χ3n) is 11.2. The van der Waals surface area contributed by atoms with Crippen molar-refractivity contribution in [2.24, 2.45) is 45.6 Å². The summed E-state index contributed by atoms with van der Waals surface area (Å²) in [5.41, 5.74) is 2.94. The zero-order valence-corrected chi connectivity index (χ0v) is 22.1. The predicted molar refractivity (Wildman–Crippen MR) is 134 cm³/mol. The second kappa shape index (κ2) is 8.57. The fourth-order valence-electron chi connectivity index (χ4n) is 9.00. The molecule has 0 N–H and O–H groups in total. The monoisotopic (exact) mass is 469 g/mol. The van der Waals surface area contributed by atoms with Gasteiger partial charge >= 0.3 is 5.97 Å². The average Bonchev–Trinajstić information content (AvgIpc) is 3.15. The maximum atomic E-state index is 12.7. The van der Waals surface area contributed by atoms with Gasteiger partial charge in [0, 0.05) is 25.2 Å². The Hall–Kier alpha value is -1.49. The molecular weight excluding hydrogens is 424 g/mol. The van der Waals surface area contributed by atoms with Crippen LogP contribution >= 0.6 is 0 Å². The lowest BCUT2D eigenvalue weighted by Gasteiger charge is -2.58. The molecule has 1 heterocycles. The molecule has 5 heteroatoms. The second-order valence-electron chi connectivity index (χ2n) is 13.4. The summed E-state index contributed by atoms with van der Waals surface area (Å²) >= 11 is 0. The molecule has 4 fully saturated rings. The number of carbonyl (C=O) groups is 2. The quantitative estimate of drug-likeness (QED) is 0.236. The lowest BCUT2D eigenvalue weighted by Crippen LogP contribution is -2.51. The van der Waals surface area contributed by atoms with E-state index < -0.39 is 0 Å². The van der Waals surface area contributed by atoms with Gasteiger partial charge in [0.1, 0.15) is 0 Å². The minimum atomic E-state index is -0.131. The van der Waals surface area contributed by atoms with E-state index in [4.69, 9.17) is 4.84 Å². The summed E-state index contributed by atoms with van der Waals surface area (Å²) in [6.45, 7) is 9.09. The molecule has 6 atom stereocenters. The van der Waals surface area contributed by atoms with Crippen LogP contribution in [-0.2, 0) is 14.4 Å². The molecule has 5 aliphatic rings. The van der Waals surface area contributed by atoms with E-state index in [1.807, 2.05) is 6.08 Å². The Kier molecular flexibility index (Phi) is 6.10. The van der Waals surface area contributed by atoms with Gasteiger partial charge in [0.25, 0.3) is 0 Å². The molecule has 4 aliphatic carbocycles. The predicted octanol–water partition coefficient (Wildman–Crippen LogP) is 5.54. The first-order valence-electron chi connectivity index (χ1n) is 13.8. The third kappa shape index (κ3) is 4.00. The molecule has 0 radical (unpaired) electrons.